The van der Waals surface area contributed by atoms with E-state index in [-0.39, 0.29) is 0 Å². The Morgan fingerprint density at radius 2 is 2.00 bits per heavy atom. The van der Waals surface area contributed by atoms with E-state index in [1.54, 1.807) is 6.20 Å². The Kier molecular flexibility index (Phi) is 3.53. The van der Waals surface area contributed by atoms with E-state index in [1.807, 2.05) is 24.4 Å². The zero-order valence-electron chi connectivity index (χ0n) is 11.1. The summed E-state index contributed by atoms with van der Waals surface area (Å²) in [5.41, 5.74) is 6.91. The molecular formula is C16H20N2O. The summed E-state index contributed by atoms with van der Waals surface area (Å²) in [4.78, 5) is 4.11. The highest BCUT2D eigenvalue weighted by Crippen LogP contribution is 2.31. The second-order valence-corrected chi connectivity index (χ2v) is 5.39. The summed E-state index contributed by atoms with van der Waals surface area (Å²) in [5.74, 6) is 1.51. The molecule has 1 aliphatic carbocycles. The highest BCUT2D eigenvalue weighted by Gasteiger charge is 2.15. The third kappa shape index (κ3) is 2.65. The van der Waals surface area contributed by atoms with Gasteiger partial charge >= 0.3 is 0 Å². The van der Waals surface area contributed by atoms with Crippen molar-refractivity contribution in [2.75, 3.05) is 12.3 Å². The lowest BCUT2D eigenvalue weighted by Gasteiger charge is -2.22. The number of hydrogen-bond acceptors (Lipinski definition) is 3. The molecule has 1 aliphatic rings. The number of nitrogens with two attached hydrogens (primary N) is 1. The molecule has 3 rings (SSSR count). The summed E-state index contributed by atoms with van der Waals surface area (Å²) in [7, 11) is 0. The van der Waals surface area contributed by atoms with Gasteiger partial charge in [-0.3, -0.25) is 4.98 Å². The van der Waals surface area contributed by atoms with Gasteiger partial charge in [0, 0.05) is 23.2 Å². The quantitative estimate of drug-likeness (QED) is 0.850. The highest BCUT2D eigenvalue weighted by molar-refractivity contribution is 5.95. The van der Waals surface area contributed by atoms with Gasteiger partial charge in [0.1, 0.15) is 5.75 Å². The Balaban J connectivity index is 1.75. The molecule has 0 bridgehead atoms. The van der Waals surface area contributed by atoms with Crippen LogP contribution in [0.25, 0.3) is 10.8 Å². The molecule has 2 aromatic rings. The van der Waals surface area contributed by atoms with Crippen LogP contribution < -0.4 is 10.5 Å². The molecule has 0 aliphatic heterocycles. The average Bonchev–Trinajstić information content (AvgIpc) is 2.48. The number of aromatic nitrogens is 1. The molecular weight excluding hydrogens is 236 g/mol. The second-order valence-electron chi connectivity index (χ2n) is 5.39. The maximum Gasteiger partial charge on any atom is 0.142 e. The largest absolute Gasteiger partial charge is 0.491 e. The summed E-state index contributed by atoms with van der Waals surface area (Å²) < 4.78 is 5.94. The summed E-state index contributed by atoms with van der Waals surface area (Å²) in [5, 5.41) is 2.08. The number of nitrogens with zero attached hydrogens (tertiary/aromatic N) is 1. The predicted octanol–water partition coefficient (Wildman–Crippen LogP) is 3.78. The van der Waals surface area contributed by atoms with Gasteiger partial charge in [0.15, 0.2) is 0 Å². The number of pyridine rings is 1. The first kappa shape index (κ1) is 12.3. The Hall–Kier alpha value is -1.77. The van der Waals surface area contributed by atoms with Crippen molar-refractivity contribution >= 4 is 16.5 Å². The van der Waals surface area contributed by atoms with Gasteiger partial charge in [-0.25, -0.2) is 0 Å². The first-order valence-electron chi connectivity index (χ1n) is 7.09. The maximum absolute atomic E-state index is 6.18. The topological polar surface area (TPSA) is 48.1 Å². The molecule has 1 heterocycles. The minimum Gasteiger partial charge on any atom is -0.491 e. The molecule has 3 heteroatoms. The van der Waals surface area contributed by atoms with Crippen LogP contribution in [0.2, 0.25) is 0 Å². The molecule has 0 saturated heterocycles. The number of ether oxygens (including phenoxy) is 1. The Bertz CT molecular complexity index is 562. The van der Waals surface area contributed by atoms with Gasteiger partial charge in [0.05, 0.1) is 12.3 Å². The SMILES string of the molecule is Nc1c(OCC2CCCCC2)ccc2cnccc12. The van der Waals surface area contributed by atoms with E-state index in [9.17, 15) is 0 Å². The first-order valence-corrected chi connectivity index (χ1v) is 7.09. The normalized spacial score (nSPS) is 16.6. The number of rotatable bonds is 3. The van der Waals surface area contributed by atoms with Crippen LogP contribution >= 0.6 is 0 Å². The maximum atomic E-state index is 6.18. The molecule has 19 heavy (non-hydrogen) atoms. The molecule has 0 atom stereocenters. The first-order chi connectivity index (χ1) is 9.34. The van der Waals surface area contributed by atoms with E-state index in [1.165, 1.54) is 32.1 Å². The van der Waals surface area contributed by atoms with Crippen molar-refractivity contribution in [3.8, 4) is 5.75 Å². The molecule has 0 amide bonds. The van der Waals surface area contributed by atoms with Gasteiger partial charge in [-0.2, -0.15) is 0 Å². The zero-order chi connectivity index (χ0) is 13.1. The van der Waals surface area contributed by atoms with Crippen molar-refractivity contribution in [3.63, 3.8) is 0 Å². The number of nitrogen functional groups attached to an aromatic ring is 1. The summed E-state index contributed by atoms with van der Waals surface area (Å²) in [6, 6.07) is 5.93. The molecule has 0 radical (unpaired) electrons. The van der Waals surface area contributed by atoms with E-state index >= 15 is 0 Å². The van der Waals surface area contributed by atoms with Gasteiger partial charge in [-0.1, -0.05) is 19.3 Å². The van der Waals surface area contributed by atoms with Crippen molar-refractivity contribution in [1.29, 1.82) is 0 Å². The van der Waals surface area contributed by atoms with Gasteiger partial charge in [-0.05, 0) is 37.0 Å². The van der Waals surface area contributed by atoms with Crippen molar-refractivity contribution in [2.45, 2.75) is 32.1 Å². The van der Waals surface area contributed by atoms with Crippen molar-refractivity contribution < 1.29 is 4.74 Å². The fourth-order valence-corrected chi connectivity index (χ4v) is 2.86. The number of hydrogen-bond donors (Lipinski definition) is 1. The summed E-state index contributed by atoms with van der Waals surface area (Å²) in [6.07, 6.45) is 10.2. The van der Waals surface area contributed by atoms with E-state index in [4.69, 9.17) is 10.5 Å². The van der Waals surface area contributed by atoms with Gasteiger partial charge in [-0.15, -0.1) is 0 Å². The van der Waals surface area contributed by atoms with Crippen LogP contribution in [-0.4, -0.2) is 11.6 Å². The van der Waals surface area contributed by atoms with Crippen LogP contribution in [-0.2, 0) is 0 Å². The molecule has 1 saturated carbocycles. The molecule has 100 valence electrons. The van der Waals surface area contributed by atoms with Crippen LogP contribution in [0, 0.1) is 5.92 Å². The number of fused-ring (bicyclic) bond motifs is 1. The monoisotopic (exact) mass is 256 g/mol. The van der Waals surface area contributed by atoms with Gasteiger partial charge < -0.3 is 10.5 Å². The average molecular weight is 256 g/mol. The molecule has 3 nitrogen and oxygen atoms in total. The lowest BCUT2D eigenvalue weighted by Crippen LogP contribution is -2.15. The van der Waals surface area contributed by atoms with Crippen molar-refractivity contribution in [1.82, 2.24) is 4.98 Å². The van der Waals surface area contributed by atoms with Crippen molar-refractivity contribution in [3.05, 3.63) is 30.6 Å². The van der Waals surface area contributed by atoms with Crippen LogP contribution in [0.4, 0.5) is 5.69 Å². The Morgan fingerprint density at radius 1 is 1.16 bits per heavy atom. The fraction of sp³-hybridized carbons (Fsp3) is 0.438. The molecule has 1 aromatic heterocycles. The smallest absolute Gasteiger partial charge is 0.142 e. The fourth-order valence-electron chi connectivity index (χ4n) is 2.86. The summed E-state index contributed by atoms with van der Waals surface area (Å²) >= 11 is 0. The van der Waals surface area contributed by atoms with Crippen LogP contribution in [0.3, 0.4) is 0 Å². The third-order valence-corrected chi connectivity index (χ3v) is 4.02. The lowest BCUT2D eigenvalue weighted by atomic mass is 9.90. The Morgan fingerprint density at radius 3 is 2.84 bits per heavy atom. The lowest BCUT2D eigenvalue weighted by molar-refractivity contribution is 0.210. The molecule has 2 N–H and O–H groups in total. The molecule has 0 unspecified atom stereocenters. The minimum absolute atomic E-state index is 0.696. The number of anilines is 1. The minimum atomic E-state index is 0.696. The van der Waals surface area contributed by atoms with Crippen LogP contribution in [0.15, 0.2) is 30.6 Å². The van der Waals surface area contributed by atoms with E-state index < -0.39 is 0 Å². The molecule has 1 fully saturated rings. The van der Waals surface area contributed by atoms with Gasteiger partial charge in [0.25, 0.3) is 0 Å². The predicted molar refractivity (Wildman–Crippen MR) is 78.2 cm³/mol. The molecule has 1 aromatic carbocycles. The van der Waals surface area contributed by atoms with Crippen LogP contribution in [0.5, 0.6) is 5.75 Å². The zero-order valence-corrected chi connectivity index (χ0v) is 11.1. The summed E-state index contributed by atoms with van der Waals surface area (Å²) in [6.45, 7) is 0.792. The Labute approximate surface area is 113 Å². The number of benzene rings is 1. The van der Waals surface area contributed by atoms with Gasteiger partial charge in [0.2, 0.25) is 0 Å². The highest BCUT2D eigenvalue weighted by atomic mass is 16.5. The molecule has 0 spiro atoms. The second kappa shape index (κ2) is 5.47. The standard InChI is InChI=1S/C16H20N2O/c17-16-14-8-9-18-10-13(14)6-7-15(16)19-11-12-4-2-1-3-5-12/h6-10,12H,1-5,11,17H2. The van der Waals surface area contributed by atoms with E-state index in [0.29, 0.717) is 5.92 Å². The van der Waals surface area contributed by atoms with E-state index in [2.05, 4.69) is 4.98 Å². The van der Waals surface area contributed by atoms with Crippen LogP contribution in [0.1, 0.15) is 32.1 Å². The third-order valence-electron chi connectivity index (χ3n) is 4.02. The van der Waals surface area contributed by atoms with E-state index in [0.717, 1.165) is 28.8 Å². The van der Waals surface area contributed by atoms with Crippen molar-refractivity contribution in [2.24, 2.45) is 5.92 Å².